The molecule has 3 fully saturated rings. The number of piperidine rings is 1. The van der Waals surface area contributed by atoms with Crippen LogP contribution in [-0.4, -0.2) is 98.2 Å². The molecule has 2 aromatic carbocycles. The third-order valence-corrected chi connectivity index (χ3v) is 11.0. The minimum Gasteiger partial charge on any atom is -0.508 e. The van der Waals surface area contributed by atoms with Crippen molar-refractivity contribution < 1.29 is 46.5 Å². The monoisotopic (exact) mass is 756 g/mol. The van der Waals surface area contributed by atoms with Gasteiger partial charge in [0, 0.05) is 44.2 Å². The van der Waals surface area contributed by atoms with E-state index in [9.17, 15) is 27.5 Å². The van der Waals surface area contributed by atoms with E-state index in [-0.39, 0.29) is 35.5 Å². The lowest BCUT2D eigenvalue weighted by Gasteiger charge is -2.42. The molecule has 2 aromatic heterocycles. The topological polar surface area (TPSA) is 141 Å². The number of fused-ring (bicyclic) bond motifs is 7. The Hall–Kier alpha value is -4.86. The molecule has 0 radical (unpaired) electrons. The number of nitrogens with one attached hydrogen (secondary N) is 1. The van der Waals surface area contributed by atoms with Crippen molar-refractivity contribution in [3.8, 4) is 23.0 Å². The van der Waals surface area contributed by atoms with Crippen LogP contribution >= 0.6 is 0 Å². The molecule has 0 unspecified atom stereocenters. The zero-order valence-corrected chi connectivity index (χ0v) is 29.7. The molecule has 3 saturated heterocycles. The molecule has 7 heterocycles. The fourth-order valence-corrected chi connectivity index (χ4v) is 8.57. The number of carbonyl (C=O) groups is 2. The molecule has 4 aromatic rings. The van der Waals surface area contributed by atoms with Crippen molar-refractivity contribution in [1.29, 1.82) is 0 Å². The molecular formula is C38H41F5N6O5. The maximum Gasteiger partial charge on any atom is 0.490 e. The van der Waals surface area contributed by atoms with Gasteiger partial charge in [-0.15, -0.1) is 0 Å². The summed E-state index contributed by atoms with van der Waals surface area (Å²) in [5.74, 6) is -2.87. The molecule has 6 bridgehead atoms. The SMILES string of the molecule is C[C@@]12CCCN(C1)c1nc(OC[C@@]34CCCN3C[C@H](F)C4)nc3c(F)c(ncc13)-c1cc(O)cc3cccc(c13)CCCCC(=O)N2.O=C(O)C(F)(F)F. The van der Waals surface area contributed by atoms with E-state index >= 15 is 4.39 Å². The molecule has 288 valence electrons. The van der Waals surface area contributed by atoms with Crippen LogP contribution in [0, 0.1) is 5.82 Å². The minimum atomic E-state index is -5.08. The van der Waals surface area contributed by atoms with Crippen LogP contribution in [0.3, 0.4) is 0 Å². The number of amides is 1. The number of carboxylic acids is 1. The van der Waals surface area contributed by atoms with Crippen LogP contribution in [0.1, 0.15) is 63.9 Å². The minimum absolute atomic E-state index is 0.0108. The average molecular weight is 757 g/mol. The highest BCUT2D eigenvalue weighted by Crippen LogP contribution is 2.42. The molecule has 0 saturated carbocycles. The maximum atomic E-state index is 17.0. The number of aliphatic carboxylic acids is 1. The molecule has 16 heteroatoms. The van der Waals surface area contributed by atoms with E-state index in [1.54, 1.807) is 18.3 Å². The number of hydrogen-bond acceptors (Lipinski definition) is 9. The number of anilines is 1. The van der Waals surface area contributed by atoms with E-state index in [0.29, 0.717) is 62.1 Å². The molecule has 54 heavy (non-hydrogen) atoms. The molecule has 1 amide bonds. The molecule has 5 aliphatic heterocycles. The van der Waals surface area contributed by atoms with Gasteiger partial charge in [0.15, 0.2) is 5.82 Å². The van der Waals surface area contributed by atoms with Crippen molar-refractivity contribution in [2.24, 2.45) is 0 Å². The summed E-state index contributed by atoms with van der Waals surface area (Å²) in [6, 6.07) is 9.10. The van der Waals surface area contributed by atoms with Crippen LogP contribution in [0.25, 0.3) is 32.9 Å². The van der Waals surface area contributed by atoms with Gasteiger partial charge in [0.2, 0.25) is 5.91 Å². The number of benzene rings is 2. The van der Waals surface area contributed by atoms with Gasteiger partial charge in [0.1, 0.15) is 35.6 Å². The van der Waals surface area contributed by atoms with Crippen molar-refractivity contribution in [3.05, 3.63) is 47.9 Å². The molecule has 5 aliphatic rings. The van der Waals surface area contributed by atoms with Gasteiger partial charge in [-0.3, -0.25) is 14.7 Å². The average Bonchev–Trinajstić information content (AvgIpc) is 3.63. The van der Waals surface area contributed by atoms with Gasteiger partial charge in [-0.25, -0.2) is 13.6 Å². The number of carboxylic acid groups (broad SMARTS) is 1. The Bertz CT molecular complexity index is 2100. The third kappa shape index (κ3) is 7.44. The smallest absolute Gasteiger partial charge is 0.490 e. The van der Waals surface area contributed by atoms with Gasteiger partial charge >= 0.3 is 18.2 Å². The molecular weight excluding hydrogens is 715 g/mol. The molecule has 11 nitrogen and oxygen atoms in total. The highest BCUT2D eigenvalue weighted by molar-refractivity contribution is 6.01. The van der Waals surface area contributed by atoms with Crippen LogP contribution in [0.4, 0.5) is 27.8 Å². The van der Waals surface area contributed by atoms with Gasteiger partial charge < -0.3 is 25.2 Å². The van der Waals surface area contributed by atoms with Gasteiger partial charge in [-0.2, -0.15) is 23.1 Å². The number of hydrogen-bond donors (Lipinski definition) is 3. The van der Waals surface area contributed by atoms with E-state index in [2.05, 4.69) is 25.1 Å². The first kappa shape index (κ1) is 37.5. The number of aromatic hydroxyl groups is 1. The number of phenolic OH excluding ortho intramolecular Hbond substituents is 1. The normalized spacial score (nSPS) is 24.6. The quantitative estimate of drug-likeness (QED) is 0.199. The number of aromatic nitrogens is 3. The summed E-state index contributed by atoms with van der Waals surface area (Å²) < 4.78 is 69.6. The van der Waals surface area contributed by atoms with E-state index in [4.69, 9.17) is 19.6 Å². The number of rotatable bonds is 3. The van der Waals surface area contributed by atoms with Gasteiger partial charge in [-0.1, -0.05) is 18.2 Å². The second-order valence-electron chi connectivity index (χ2n) is 15.0. The highest BCUT2D eigenvalue weighted by atomic mass is 19.4. The zero-order valence-electron chi connectivity index (χ0n) is 29.7. The summed E-state index contributed by atoms with van der Waals surface area (Å²) >= 11 is 0. The number of nitrogens with zero attached hydrogens (tertiary/aromatic N) is 5. The third-order valence-electron chi connectivity index (χ3n) is 11.0. The summed E-state index contributed by atoms with van der Waals surface area (Å²) in [6.45, 7) is 4.63. The Morgan fingerprint density at radius 3 is 2.63 bits per heavy atom. The molecule has 3 atom stereocenters. The highest BCUT2D eigenvalue weighted by Gasteiger charge is 2.49. The predicted octanol–water partition coefficient (Wildman–Crippen LogP) is 6.48. The predicted molar refractivity (Wildman–Crippen MR) is 190 cm³/mol. The summed E-state index contributed by atoms with van der Waals surface area (Å²) in [7, 11) is 0. The second-order valence-corrected chi connectivity index (χ2v) is 15.0. The van der Waals surface area contributed by atoms with Gasteiger partial charge in [-0.05, 0) is 86.9 Å². The molecule has 0 spiro atoms. The Morgan fingerprint density at radius 1 is 1.09 bits per heavy atom. The lowest BCUT2D eigenvalue weighted by Crippen LogP contribution is -2.57. The van der Waals surface area contributed by atoms with E-state index in [1.807, 2.05) is 25.1 Å². The van der Waals surface area contributed by atoms with E-state index in [1.165, 1.54) is 0 Å². The number of halogens is 5. The number of ether oxygens (including phenoxy) is 1. The first-order valence-corrected chi connectivity index (χ1v) is 18.1. The first-order chi connectivity index (χ1) is 25.6. The summed E-state index contributed by atoms with van der Waals surface area (Å²) in [6.07, 6.45) is 2.02. The summed E-state index contributed by atoms with van der Waals surface area (Å²) in [4.78, 5) is 40.5. The summed E-state index contributed by atoms with van der Waals surface area (Å²) in [5, 5.41) is 23.2. The van der Waals surface area contributed by atoms with E-state index < -0.39 is 35.2 Å². The Labute approximate surface area is 307 Å². The van der Waals surface area contributed by atoms with Gasteiger partial charge in [0.25, 0.3) is 0 Å². The van der Waals surface area contributed by atoms with Crippen LogP contribution in [0.2, 0.25) is 0 Å². The van der Waals surface area contributed by atoms with Crippen LogP contribution in [0.15, 0.2) is 36.5 Å². The molecule has 0 aliphatic carbocycles. The lowest BCUT2D eigenvalue weighted by atomic mass is 9.90. The van der Waals surface area contributed by atoms with Crippen LogP contribution in [-0.2, 0) is 16.0 Å². The number of carbonyl (C=O) groups excluding carboxylic acids is 1. The number of phenols is 1. The second kappa shape index (κ2) is 14.4. The number of aryl methyl sites for hydroxylation is 1. The zero-order chi connectivity index (χ0) is 38.4. The van der Waals surface area contributed by atoms with Crippen molar-refractivity contribution in [2.45, 2.75) is 88.1 Å². The van der Waals surface area contributed by atoms with E-state index in [0.717, 1.165) is 55.0 Å². The van der Waals surface area contributed by atoms with Crippen molar-refractivity contribution >= 4 is 39.4 Å². The Kier molecular flexibility index (Phi) is 10.00. The number of alkyl halides is 4. The molecule has 9 rings (SSSR count). The first-order valence-electron chi connectivity index (χ1n) is 18.1. The maximum absolute atomic E-state index is 17.0. The lowest BCUT2D eigenvalue weighted by molar-refractivity contribution is -0.192. The van der Waals surface area contributed by atoms with Crippen molar-refractivity contribution in [3.63, 3.8) is 0 Å². The van der Waals surface area contributed by atoms with Crippen LogP contribution in [0.5, 0.6) is 11.8 Å². The summed E-state index contributed by atoms with van der Waals surface area (Å²) in [5.41, 5.74) is 0.703. The van der Waals surface area contributed by atoms with Crippen molar-refractivity contribution in [2.75, 3.05) is 37.7 Å². The fraction of sp³-hybridized carbons (Fsp3) is 0.500. The van der Waals surface area contributed by atoms with Gasteiger partial charge in [0.05, 0.1) is 16.5 Å². The Morgan fingerprint density at radius 2 is 1.85 bits per heavy atom. The number of pyridine rings is 1. The fourth-order valence-electron chi connectivity index (χ4n) is 8.57. The standard InChI is InChI=1S/C36H40F2N6O3.C2HF3O2/c1-35-11-5-13-43(20-35)33-27-18-39-31(26-16-25(45)15-23-9-4-8-22(29(23)26)7-2-3-10-28(46)42-35)30(38)32(27)40-34(41-33)47-21-36-12-6-14-44(36)19-24(37)17-36;3-2(4,5)1(6)7/h4,8-9,15-16,18,24,45H,2-3,5-7,10-14,17,19-21H2,1H3,(H,42,46);(H,6,7)/t24-,35-,36+;/m1./s1. The van der Waals surface area contributed by atoms with Crippen LogP contribution < -0.4 is 15.0 Å². The largest absolute Gasteiger partial charge is 0.508 e. The molecule has 3 N–H and O–H groups in total. The van der Waals surface area contributed by atoms with Crippen molar-refractivity contribution in [1.82, 2.24) is 25.2 Å². The Balaban J connectivity index is 0.000000588.